The van der Waals surface area contributed by atoms with Crippen LogP contribution in [0.2, 0.25) is 0 Å². The number of carbonyl (C=O) groups is 1. The minimum absolute atomic E-state index is 0.186. The molecule has 0 fully saturated rings. The summed E-state index contributed by atoms with van der Waals surface area (Å²) in [7, 11) is 0. The van der Waals surface area contributed by atoms with Crippen molar-refractivity contribution in [1.29, 1.82) is 0 Å². The standard InChI is InChI=1S/C14H9F2NO3/c15-10-5-6-11(12(16)8-10)14(18)7-9-3-1-2-4-13(9)17(19)20/h1-6,8H,7H2. The molecule has 6 heteroatoms. The highest BCUT2D eigenvalue weighted by Gasteiger charge is 2.18. The van der Waals surface area contributed by atoms with Crippen LogP contribution in [0.15, 0.2) is 42.5 Å². The van der Waals surface area contributed by atoms with Gasteiger partial charge in [0.05, 0.1) is 10.5 Å². The molecule has 0 spiro atoms. The summed E-state index contributed by atoms with van der Waals surface area (Å²) in [5, 5.41) is 10.8. The van der Waals surface area contributed by atoms with E-state index in [1.807, 2.05) is 0 Å². The predicted molar refractivity (Wildman–Crippen MR) is 67.5 cm³/mol. The Labute approximate surface area is 112 Å². The lowest BCUT2D eigenvalue weighted by Crippen LogP contribution is -2.08. The minimum atomic E-state index is -0.978. The highest BCUT2D eigenvalue weighted by atomic mass is 19.1. The Hall–Kier alpha value is -2.63. The van der Waals surface area contributed by atoms with Crippen LogP contribution >= 0.6 is 0 Å². The van der Waals surface area contributed by atoms with Gasteiger partial charge in [0.2, 0.25) is 0 Å². The molecule has 4 nitrogen and oxygen atoms in total. The van der Waals surface area contributed by atoms with E-state index in [0.717, 1.165) is 12.1 Å². The van der Waals surface area contributed by atoms with E-state index < -0.39 is 22.3 Å². The lowest BCUT2D eigenvalue weighted by atomic mass is 10.0. The second-order valence-corrected chi connectivity index (χ2v) is 4.11. The summed E-state index contributed by atoms with van der Waals surface area (Å²) in [5.74, 6) is -2.41. The summed E-state index contributed by atoms with van der Waals surface area (Å²) < 4.78 is 26.2. The SMILES string of the molecule is O=C(Cc1ccccc1[N+](=O)[O-])c1ccc(F)cc1F. The number of nitro benzene ring substituents is 1. The summed E-state index contributed by atoms with van der Waals surface area (Å²) in [6, 6.07) is 8.33. The monoisotopic (exact) mass is 277 g/mol. The second kappa shape index (κ2) is 5.56. The normalized spacial score (nSPS) is 10.3. The molecule has 0 heterocycles. The van der Waals surface area contributed by atoms with Crippen molar-refractivity contribution in [2.24, 2.45) is 0 Å². The van der Waals surface area contributed by atoms with E-state index in [-0.39, 0.29) is 23.2 Å². The zero-order valence-corrected chi connectivity index (χ0v) is 10.2. The maximum atomic E-state index is 13.5. The number of benzene rings is 2. The third-order valence-electron chi connectivity index (χ3n) is 2.77. The summed E-state index contributed by atoms with van der Waals surface area (Å²) in [4.78, 5) is 22.2. The van der Waals surface area contributed by atoms with Crippen LogP contribution in [0, 0.1) is 21.7 Å². The van der Waals surface area contributed by atoms with Crippen LogP contribution in [-0.4, -0.2) is 10.7 Å². The molecule has 0 aliphatic heterocycles. The highest BCUT2D eigenvalue weighted by molar-refractivity contribution is 5.98. The molecule has 0 aromatic heterocycles. The molecule has 2 rings (SSSR count). The molecule has 0 amide bonds. The molecule has 0 bridgehead atoms. The van der Waals surface area contributed by atoms with Crippen molar-refractivity contribution in [3.8, 4) is 0 Å². The van der Waals surface area contributed by atoms with Gasteiger partial charge in [0.25, 0.3) is 5.69 Å². The molecule has 2 aromatic rings. The number of halogens is 2. The van der Waals surface area contributed by atoms with Gasteiger partial charge in [-0.05, 0) is 12.1 Å². The molecule has 0 aliphatic carbocycles. The van der Waals surface area contributed by atoms with Crippen molar-refractivity contribution in [1.82, 2.24) is 0 Å². The fourth-order valence-electron chi connectivity index (χ4n) is 1.82. The minimum Gasteiger partial charge on any atom is -0.294 e. The quantitative estimate of drug-likeness (QED) is 0.489. The number of nitro groups is 1. The van der Waals surface area contributed by atoms with Crippen LogP contribution in [0.3, 0.4) is 0 Å². The number of Topliss-reactive ketones (excluding diaryl/α,β-unsaturated/α-hetero) is 1. The zero-order chi connectivity index (χ0) is 14.7. The molecule has 102 valence electrons. The van der Waals surface area contributed by atoms with Gasteiger partial charge in [0.1, 0.15) is 11.6 Å². The van der Waals surface area contributed by atoms with E-state index in [1.165, 1.54) is 18.2 Å². The molecule has 20 heavy (non-hydrogen) atoms. The van der Waals surface area contributed by atoms with Gasteiger partial charge in [-0.3, -0.25) is 14.9 Å². The Morgan fingerprint density at radius 3 is 2.50 bits per heavy atom. The predicted octanol–water partition coefficient (Wildman–Crippen LogP) is 3.30. The first kappa shape index (κ1) is 13.8. The summed E-state index contributed by atoms with van der Waals surface area (Å²) >= 11 is 0. The van der Waals surface area contributed by atoms with E-state index in [0.29, 0.717) is 6.07 Å². The molecular formula is C14H9F2NO3. The first-order valence-corrected chi connectivity index (χ1v) is 5.69. The lowest BCUT2D eigenvalue weighted by molar-refractivity contribution is -0.385. The van der Waals surface area contributed by atoms with Crippen LogP contribution in [-0.2, 0) is 6.42 Å². The second-order valence-electron chi connectivity index (χ2n) is 4.11. The zero-order valence-electron chi connectivity index (χ0n) is 10.2. The van der Waals surface area contributed by atoms with Gasteiger partial charge in [-0.2, -0.15) is 0 Å². The number of ketones is 1. The van der Waals surface area contributed by atoms with Gasteiger partial charge in [-0.1, -0.05) is 18.2 Å². The number of hydrogen-bond donors (Lipinski definition) is 0. The molecule has 2 aromatic carbocycles. The van der Waals surface area contributed by atoms with Gasteiger partial charge >= 0.3 is 0 Å². The van der Waals surface area contributed by atoms with Gasteiger partial charge in [0, 0.05) is 24.1 Å². The van der Waals surface area contributed by atoms with Crippen molar-refractivity contribution in [3.05, 3.63) is 75.3 Å². The van der Waals surface area contributed by atoms with Crippen LogP contribution < -0.4 is 0 Å². The smallest absolute Gasteiger partial charge is 0.273 e. The van der Waals surface area contributed by atoms with Crippen LogP contribution in [0.4, 0.5) is 14.5 Å². The van der Waals surface area contributed by atoms with Crippen molar-refractivity contribution in [2.45, 2.75) is 6.42 Å². The number of carbonyl (C=O) groups excluding carboxylic acids is 1. The van der Waals surface area contributed by atoms with Crippen molar-refractivity contribution in [2.75, 3.05) is 0 Å². The number of hydrogen-bond acceptors (Lipinski definition) is 3. The Morgan fingerprint density at radius 1 is 1.15 bits per heavy atom. The fraction of sp³-hybridized carbons (Fsp3) is 0.0714. The first-order valence-electron chi connectivity index (χ1n) is 5.69. The topological polar surface area (TPSA) is 60.2 Å². The maximum Gasteiger partial charge on any atom is 0.273 e. The molecule has 0 N–H and O–H groups in total. The van der Waals surface area contributed by atoms with Gasteiger partial charge in [0.15, 0.2) is 5.78 Å². The van der Waals surface area contributed by atoms with Gasteiger partial charge < -0.3 is 0 Å². The van der Waals surface area contributed by atoms with E-state index in [9.17, 15) is 23.7 Å². The van der Waals surface area contributed by atoms with Crippen molar-refractivity contribution < 1.29 is 18.5 Å². The maximum absolute atomic E-state index is 13.5. The third-order valence-corrected chi connectivity index (χ3v) is 2.77. The largest absolute Gasteiger partial charge is 0.294 e. The highest BCUT2D eigenvalue weighted by Crippen LogP contribution is 2.20. The molecular weight excluding hydrogens is 268 g/mol. The van der Waals surface area contributed by atoms with Crippen molar-refractivity contribution in [3.63, 3.8) is 0 Å². The molecule has 0 atom stereocenters. The van der Waals surface area contributed by atoms with Crippen LogP contribution in [0.25, 0.3) is 0 Å². The third kappa shape index (κ3) is 2.85. The summed E-state index contributed by atoms with van der Waals surface area (Å²) in [6.45, 7) is 0. The average molecular weight is 277 g/mol. The van der Waals surface area contributed by atoms with E-state index in [2.05, 4.69) is 0 Å². The van der Waals surface area contributed by atoms with Gasteiger partial charge in [-0.15, -0.1) is 0 Å². The van der Waals surface area contributed by atoms with E-state index in [1.54, 1.807) is 6.07 Å². The Bertz CT molecular complexity index is 686. The molecule has 0 saturated carbocycles. The number of para-hydroxylation sites is 1. The van der Waals surface area contributed by atoms with E-state index >= 15 is 0 Å². The Kier molecular flexibility index (Phi) is 3.84. The number of nitrogens with zero attached hydrogens (tertiary/aromatic N) is 1. The Morgan fingerprint density at radius 2 is 1.85 bits per heavy atom. The Balaban J connectivity index is 2.30. The molecule has 0 radical (unpaired) electrons. The molecule has 0 aliphatic rings. The fourth-order valence-corrected chi connectivity index (χ4v) is 1.82. The molecule has 0 unspecified atom stereocenters. The summed E-state index contributed by atoms with van der Waals surface area (Å²) in [5.41, 5.74) is -0.306. The number of rotatable bonds is 4. The van der Waals surface area contributed by atoms with Crippen molar-refractivity contribution >= 4 is 11.5 Å². The molecule has 0 saturated heterocycles. The van der Waals surface area contributed by atoms with Crippen LogP contribution in [0.1, 0.15) is 15.9 Å². The lowest BCUT2D eigenvalue weighted by Gasteiger charge is -2.04. The van der Waals surface area contributed by atoms with Crippen LogP contribution in [0.5, 0.6) is 0 Å². The van der Waals surface area contributed by atoms with E-state index in [4.69, 9.17) is 0 Å². The van der Waals surface area contributed by atoms with Gasteiger partial charge in [-0.25, -0.2) is 8.78 Å². The summed E-state index contributed by atoms with van der Waals surface area (Å²) in [6.07, 6.45) is -0.320. The first-order chi connectivity index (χ1) is 9.49. The average Bonchev–Trinajstić information content (AvgIpc) is 2.38.